The molecule has 2 fully saturated rings. The van der Waals surface area contributed by atoms with Crippen LogP contribution < -0.4 is 10.2 Å². The molecule has 1 amide bonds. The number of aromatic nitrogens is 2. The number of piperidine rings is 1. The van der Waals surface area contributed by atoms with Crippen LogP contribution in [0.15, 0.2) is 0 Å². The molecule has 128 valence electrons. The number of aryl methyl sites for hydroxylation is 1. The Morgan fingerprint density at radius 1 is 1.48 bits per heavy atom. The zero-order chi connectivity index (χ0) is 16.7. The van der Waals surface area contributed by atoms with E-state index in [1.165, 1.54) is 18.5 Å². The second kappa shape index (κ2) is 5.99. The van der Waals surface area contributed by atoms with Gasteiger partial charge in [-0.3, -0.25) is 4.79 Å². The number of amides is 1. The van der Waals surface area contributed by atoms with Crippen molar-refractivity contribution < 1.29 is 14.6 Å². The van der Waals surface area contributed by atoms with Gasteiger partial charge >= 0.3 is 0 Å². The van der Waals surface area contributed by atoms with Crippen LogP contribution in [-0.4, -0.2) is 57.3 Å². The lowest BCUT2D eigenvalue weighted by molar-refractivity contribution is -0.172. The van der Waals surface area contributed by atoms with Gasteiger partial charge in [-0.25, -0.2) is 4.98 Å². The van der Waals surface area contributed by atoms with Crippen LogP contribution in [0.3, 0.4) is 0 Å². The van der Waals surface area contributed by atoms with Crippen molar-refractivity contribution in [2.75, 3.05) is 24.6 Å². The largest absolute Gasteiger partial charge is 0.388 e. The number of rotatable bonds is 2. The predicted octanol–water partition coefficient (Wildman–Crippen LogP) is 0.862. The summed E-state index contributed by atoms with van der Waals surface area (Å²) < 4.78 is 10.3. The molecule has 1 aromatic heterocycles. The average molecular weight is 340 g/mol. The average Bonchev–Trinajstić information content (AvgIpc) is 2.90. The van der Waals surface area contributed by atoms with E-state index in [0.29, 0.717) is 6.42 Å². The lowest BCUT2D eigenvalue weighted by Crippen LogP contribution is -2.65. The number of carbonyl (C=O) groups is 1. The van der Waals surface area contributed by atoms with E-state index in [9.17, 15) is 9.90 Å². The first-order valence-corrected chi connectivity index (χ1v) is 8.75. The van der Waals surface area contributed by atoms with E-state index in [1.54, 1.807) is 0 Å². The fourth-order valence-electron chi connectivity index (χ4n) is 3.65. The van der Waals surface area contributed by atoms with Crippen LogP contribution in [-0.2, 0) is 9.53 Å². The summed E-state index contributed by atoms with van der Waals surface area (Å²) in [5.74, 6) is 0.686. The highest BCUT2D eigenvalue weighted by molar-refractivity contribution is 7.09. The Kier molecular flexibility index (Phi) is 4.33. The molecule has 0 saturated carbocycles. The van der Waals surface area contributed by atoms with E-state index in [-0.39, 0.29) is 18.1 Å². The maximum atomic E-state index is 11.5. The fourth-order valence-corrected chi connectivity index (χ4v) is 4.37. The summed E-state index contributed by atoms with van der Waals surface area (Å²) in [6, 6.07) is 0. The van der Waals surface area contributed by atoms with Crippen molar-refractivity contribution in [1.29, 1.82) is 0 Å². The minimum atomic E-state index is -0.680. The number of nitrogens with zero attached hydrogens (tertiary/aromatic N) is 3. The van der Waals surface area contributed by atoms with Gasteiger partial charge in [0.25, 0.3) is 0 Å². The Bertz CT molecular complexity index is 585. The SMILES string of the molecule is CC(=O)N[C@]1(C)CC2(CCN(c3nc(C)ns3)CC2)OC[C@H]1O. The molecule has 2 atom stereocenters. The molecule has 1 aromatic rings. The van der Waals surface area contributed by atoms with Gasteiger partial charge in [-0.1, -0.05) is 0 Å². The molecule has 3 heterocycles. The van der Waals surface area contributed by atoms with E-state index in [1.807, 2.05) is 13.8 Å². The molecule has 0 unspecified atom stereocenters. The first-order chi connectivity index (χ1) is 10.8. The molecule has 0 radical (unpaired) electrons. The maximum Gasteiger partial charge on any atom is 0.217 e. The number of nitrogens with one attached hydrogen (secondary N) is 1. The van der Waals surface area contributed by atoms with Crippen LogP contribution in [0.1, 0.15) is 38.9 Å². The van der Waals surface area contributed by atoms with Crippen molar-refractivity contribution in [2.24, 2.45) is 0 Å². The lowest BCUT2D eigenvalue weighted by Gasteiger charge is -2.51. The van der Waals surface area contributed by atoms with Crippen LogP contribution in [0.5, 0.6) is 0 Å². The van der Waals surface area contributed by atoms with Crippen LogP contribution in [0.4, 0.5) is 5.13 Å². The third-order valence-electron chi connectivity index (χ3n) is 4.90. The molecule has 3 rings (SSSR count). The zero-order valence-electron chi connectivity index (χ0n) is 13.8. The van der Waals surface area contributed by atoms with Gasteiger partial charge in [-0.2, -0.15) is 4.37 Å². The smallest absolute Gasteiger partial charge is 0.217 e. The quantitative estimate of drug-likeness (QED) is 0.830. The molecule has 0 bridgehead atoms. The minimum Gasteiger partial charge on any atom is -0.388 e. The van der Waals surface area contributed by atoms with E-state index >= 15 is 0 Å². The number of hydrogen-bond donors (Lipinski definition) is 2. The van der Waals surface area contributed by atoms with Crippen molar-refractivity contribution >= 4 is 22.6 Å². The molecule has 0 aliphatic carbocycles. The fraction of sp³-hybridized carbons (Fsp3) is 0.800. The van der Waals surface area contributed by atoms with Crippen LogP contribution in [0.25, 0.3) is 0 Å². The Balaban J connectivity index is 1.68. The Morgan fingerprint density at radius 2 is 2.17 bits per heavy atom. The van der Waals surface area contributed by atoms with E-state index < -0.39 is 11.6 Å². The van der Waals surface area contributed by atoms with Crippen molar-refractivity contribution in [3.63, 3.8) is 0 Å². The Hall–Kier alpha value is -1.25. The number of anilines is 1. The summed E-state index contributed by atoms with van der Waals surface area (Å²) in [6.07, 6.45) is 1.66. The van der Waals surface area contributed by atoms with E-state index in [4.69, 9.17) is 4.74 Å². The van der Waals surface area contributed by atoms with Crippen molar-refractivity contribution in [3.8, 4) is 0 Å². The third kappa shape index (κ3) is 3.34. The molecule has 1 spiro atoms. The standard InChI is InChI=1S/C15H24N4O3S/c1-10-16-13(23-18-10)19-6-4-15(5-7-19)9-14(3,17-11(2)20)12(21)8-22-15/h12,21H,4-9H2,1-3H3,(H,17,20)/t12-,14-/m1/s1. The highest BCUT2D eigenvalue weighted by atomic mass is 32.1. The molecular formula is C15H24N4O3S. The maximum absolute atomic E-state index is 11.5. The minimum absolute atomic E-state index is 0.120. The molecular weight excluding hydrogens is 316 g/mol. The summed E-state index contributed by atoms with van der Waals surface area (Å²) >= 11 is 1.43. The number of aliphatic hydroxyl groups is 1. The topological polar surface area (TPSA) is 87.6 Å². The summed E-state index contributed by atoms with van der Waals surface area (Å²) in [4.78, 5) is 18.2. The van der Waals surface area contributed by atoms with Gasteiger partial charge in [-0.15, -0.1) is 0 Å². The molecule has 7 nitrogen and oxygen atoms in total. The first kappa shape index (κ1) is 16.6. The van der Waals surface area contributed by atoms with E-state index in [2.05, 4.69) is 19.6 Å². The van der Waals surface area contributed by atoms with Gasteiger partial charge in [0.05, 0.1) is 17.7 Å². The monoisotopic (exact) mass is 340 g/mol. The van der Waals surface area contributed by atoms with Crippen molar-refractivity contribution in [1.82, 2.24) is 14.7 Å². The Morgan fingerprint density at radius 3 is 2.74 bits per heavy atom. The zero-order valence-corrected chi connectivity index (χ0v) is 14.7. The highest BCUT2D eigenvalue weighted by Gasteiger charge is 2.50. The summed E-state index contributed by atoms with van der Waals surface area (Å²) in [5.41, 5.74) is -0.918. The van der Waals surface area contributed by atoms with Gasteiger partial charge in [0.1, 0.15) is 11.9 Å². The van der Waals surface area contributed by atoms with Gasteiger partial charge in [0.15, 0.2) is 0 Å². The van der Waals surface area contributed by atoms with Crippen LogP contribution in [0, 0.1) is 6.92 Å². The number of aliphatic hydroxyl groups excluding tert-OH is 1. The summed E-state index contributed by atoms with van der Waals surface area (Å²) in [6.45, 7) is 7.25. The number of carbonyl (C=O) groups excluding carboxylic acids is 1. The number of hydrogen-bond acceptors (Lipinski definition) is 7. The molecule has 8 heteroatoms. The van der Waals surface area contributed by atoms with Gasteiger partial charge in [-0.05, 0) is 26.7 Å². The lowest BCUT2D eigenvalue weighted by atomic mass is 9.74. The molecule has 2 saturated heterocycles. The normalized spacial score (nSPS) is 30.4. The Labute approximate surface area is 140 Å². The van der Waals surface area contributed by atoms with Crippen LogP contribution in [0.2, 0.25) is 0 Å². The molecule has 2 aliphatic rings. The molecule has 2 N–H and O–H groups in total. The second-order valence-corrected chi connectivity index (χ2v) is 7.63. The van der Waals surface area contributed by atoms with E-state index in [0.717, 1.165) is 36.9 Å². The van der Waals surface area contributed by atoms with Gasteiger partial charge < -0.3 is 20.1 Å². The van der Waals surface area contributed by atoms with Crippen LogP contribution >= 0.6 is 11.5 Å². The van der Waals surface area contributed by atoms with Crippen molar-refractivity contribution in [3.05, 3.63) is 5.82 Å². The second-order valence-electron chi connectivity index (χ2n) is 6.90. The van der Waals surface area contributed by atoms with Gasteiger partial charge in [0, 0.05) is 38.0 Å². The molecule has 23 heavy (non-hydrogen) atoms. The van der Waals surface area contributed by atoms with Crippen molar-refractivity contribution in [2.45, 2.75) is 57.3 Å². The summed E-state index contributed by atoms with van der Waals surface area (Å²) in [5, 5.41) is 14.1. The third-order valence-corrected chi connectivity index (χ3v) is 5.76. The number of ether oxygens (including phenoxy) is 1. The summed E-state index contributed by atoms with van der Waals surface area (Å²) in [7, 11) is 0. The molecule has 0 aromatic carbocycles. The van der Waals surface area contributed by atoms with Gasteiger partial charge in [0.2, 0.25) is 11.0 Å². The predicted molar refractivity (Wildman–Crippen MR) is 87.6 cm³/mol. The highest BCUT2D eigenvalue weighted by Crippen LogP contribution is 2.40. The first-order valence-electron chi connectivity index (χ1n) is 7.98. The molecule has 2 aliphatic heterocycles.